The highest BCUT2D eigenvalue weighted by molar-refractivity contribution is 5.96. The Labute approximate surface area is 129 Å². The number of hydrogen-bond donors (Lipinski definition) is 3. The molecule has 6 heteroatoms. The van der Waals surface area contributed by atoms with E-state index in [1.54, 1.807) is 30.3 Å². The molecule has 0 fully saturated rings. The Balaban J connectivity index is 2.57. The summed E-state index contributed by atoms with van der Waals surface area (Å²) in [6.45, 7) is 3.47. The maximum atomic E-state index is 12.0. The quantitative estimate of drug-likeness (QED) is 0.679. The topological polar surface area (TPSA) is 95.5 Å². The third-order valence-corrected chi connectivity index (χ3v) is 3.69. The van der Waals surface area contributed by atoms with Gasteiger partial charge < -0.3 is 15.7 Å². The second kappa shape index (κ2) is 8.17. The van der Waals surface area contributed by atoms with Gasteiger partial charge in [0.05, 0.1) is 18.5 Å². The predicted octanol–water partition coefficient (Wildman–Crippen LogP) is 1.57. The van der Waals surface area contributed by atoms with Crippen LogP contribution in [-0.2, 0) is 9.59 Å². The SMILES string of the molecule is CCC(CC)(CC(=O)O)NC(=O)CNC(=O)c1ccccc1. The maximum absolute atomic E-state index is 12.0. The number of aliphatic carboxylic acids is 1. The van der Waals surface area contributed by atoms with E-state index in [1.807, 2.05) is 13.8 Å². The summed E-state index contributed by atoms with van der Waals surface area (Å²) < 4.78 is 0. The first kappa shape index (κ1) is 17.7. The summed E-state index contributed by atoms with van der Waals surface area (Å²) in [6, 6.07) is 8.58. The predicted molar refractivity (Wildman–Crippen MR) is 82.5 cm³/mol. The highest BCUT2D eigenvalue weighted by Gasteiger charge is 2.30. The highest BCUT2D eigenvalue weighted by atomic mass is 16.4. The average Bonchev–Trinajstić information content (AvgIpc) is 2.52. The molecule has 1 rings (SSSR count). The maximum Gasteiger partial charge on any atom is 0.305 e. The Morgan fingerprint density at radius 2 is 1.68 bits per heavy atom. The Bertz CT molecular complexity index is 524. The summed E-state index contributed by atoms with van der Waals surface area (Å²) in [7, 11) is 0. The van der Waals surface area contributed by atoms with Crippen molar-refractivity contribution < 1.29 is 19.5 Å². The summed E-state index contributed by atoms with van der Waals surface area (Å²) in [6.07, 6.45) is 0.876. The standard InChI is InChI=1S/C16H22N2O4/c1-3-16(4-2,10-14(20)21)18-13(19)11-17-15(22)12-8-6-5-7-9-12/h5-9H,3-4,10-11H2,1-2H3,(H,17,22)(H,18,19)(H,20,21). The van der Waals surface area contributed by atoms with Crippen molar-refractivity contribution in [3.05, 3.63) is 35.9 Å². The molecular weight excluding hydrogens is 284 g/mol. The van der Waals surface area contributed by atoms with Gasteiger partial charge in [-0.3, -0.25) is 14.4 Å². The van der Waals surface area contributed by atoms with Gasteiger partial charge in [0.25, 0.3) is 5.91 Å². The van der Waals surface area contributed by atoms with Crippen molar-refractivity contribution in [1.29, 1.82) is 0 Å². The Morgan fingerprint density at radius 1 is 1.09 bits per heavy atom. The number of nitrogens with one attached hydrogen (secondary N) is 2. The molecule has 0 aliphatic carbocycles. The molecule has 0 aromatic heterocycles. The van der Waals surface area contributed by atoms with Crippen LogP contribution in [0.15, 0.2) is 30.3 Å². The monoisotopic (exact) mass is 306 g/mol. The van der Waals surface area contributed by atoms with Crippen molar-refractivity contribution in [3.63, 3.8) is 0 Å². The van der Waals surface area contributed by atoms with E-state index in [-0.39, 0.29) is 18.9 Å². The number of carbonyl (C=O) groups is 3. The number of carbonyl (C=O) groups excluding carboxylic acids is 2. The van der Waals surface area contributed by atoms with Crippen LogP contribution in [0.3, 0.4) is 0 Å². The molecule has 0 aliphatic rings. The van der Waals surface area contributed by atoms with Gasteiger partial charge in [-0.15, -0.1) is 0 Å². The fourth-order valence-corrected chi connectivity index (χ4v) is 2.20. The molecule has 3 N–H and O–H groups in total. The molecule has 0 bridgehead atoms. The molecule has 1 aromatic rings. The van der Waals surface area contributed by atoms with Gasteiger partial charge in [-0.1, -0.05) is 32.0 Å². The van der Waals surface area contributed by atoms with E-state index < -0.39 is 17.4 Å². The van der Waals surface area contributed by atoms with E-state index in [1.165, 1.54) is 0 Å². The first-order valence-corrected chi connectivity index (χ1v) is 7.28. The van der Waals surface area contributed by atoms with Crippen LogP contribution in [0.25, 0.3) is 0 Å². The Kier molecular flexibility index (Phi) is 6.56. The van der Waals surface area contributed by atoms with E-state index in [0.29, 0.717) is 18.4 Å². The fourth-order valence-electron chi connectivity index (χ4n) is 2.20. The first-order valence-electron chi connectivity index (χ1n) is 7.28. The van der Waals surface area contributed by atoms with Crippen LogP contribution in [0.2, 0.25) is 0 Å². The van der Waals surface area contributed by atoms with Crippen molar-refractivity contribution in [2.24, 2.45) is 0 Å². The lowest BCUT2D eigenvalue weighted by atomic mass is 9.89. The van der Waals surface area contributed by atoms with E-state index in [0.717, 1.165) is 0 Å². The summed E-state index contributed by atoms with van der Waals surface area (Å²) in [5.74, 6) is -1.70. The van der Waals surface area contributed by atoms with Gasteiger partial charge in [-0.2, -0.15) is 0 Å². The van der Waals surface area contributed by atoms with Gasteiger partial charge in [0, 0.05) is 5.56 Å². The average molecular weight is 306 g/mol. The second-order valence-electron chi connectivity index (χ2n) is 5.15. The number of carboxylic acids is 1. The zero-order valence-electron chi connectivity index (χ0n) is 12.9. The summed E-state index contributed by atoms with van der Waals surface area (Å²) in [4.78, 5) is 34.8. The normalized spacial score (nSPS) is 10.8. The van der Waals surface area contributed by atoms with E-state index in [9.17, 15) is 14.4 Å². The molecule has 2 amide bonds. The van der Waals surface area contributed by atoms with E-state index in [4.69, 9.17) is 5.11 Å². The molecule has 120 valence electrons. The minimum Gasteiger partial charge on any atom is -0.481 e. The molecule has 0 spiro atoms. The molecular formula is C16H22N2O4. The largest absolute Gasteiger partial charge is 0.481 e. The van der Waals surface area contributed by atoms with Gasteiger partial charge in [0.2, 0.25) is 5.91 Å². The number of rotatable bonds is 8. The third kappa shape index (κ3) is 5.20. The lowest BCUT2D eigenvalue weighted by Crippen LogP contribution is -2.52. The fraction of sp³-hybridized carbons (Fsp3) is 0.438. The lowest BCUT2D eigenvalue weighted by Gasteiger charge is -2.31. The van der Waals surface area contributed by atoms with Crippen molar-refractivity contribution >= 4 is 17.8 Å². The number of benzene rings is 1. The Hall–Kier alpha value is -2.37. The van der Waals surface area contributed by atoms with Crippen LogP contribution in [0, 0.1) is 0 Å². The van der Waals surface area contributed by atoms with Crippen LogP contribution in [0.4, 0.5) is 0 Å². The van der Waals surface area contributed by atoms with Crippen LogP contribution < -0.4 is 10.6 Å². The smallest absolute Gasteiger partial charge is 0.305 e. The molecule has 0 saturated heterocycles. The molecule has 0 unspecified atom stereocenters. The van der Waals surface area contributed by atoms with Gasteiger partial charge >= 0.3 is 5.97 Å². The van der Waals surface area contributed by atoms with E-state index >= 15 is 0 Å². The first-order chi connectivity index (χ1) is 10.4. The Morgan fingerprint density at radius 3 is 2.18 bits per heavy atom. The minimum atomic E-state index is -0.961. The van der Waals surface area contributed by atoms with E-state index in [2.05, 4.69) is 10.6 Å². The van der Waals surface area contributed by atoms with Crippen LogP contribution in [0.5, 0.6) is 0 Å². The molecule has 0 atom stereocenters. The summed E-state index contributed by atoms with van der Waals surface area (Å²) >= 11 is 0. The summed E-state index contributed by atoms with van der Waals surface area (Å²) in [5, 5.41) is 14.2. The van der Waals surface area contributed by atoms with Crippen LogP contribution >= 0.6 is 0 Å². The molecule has 0 aliphatic heterocycles. The van der Waals surface area contributed by atoms with Crippen molar-refractivity contribution in [2.75, 3.05) is 6.54 Å². The minimum absolute atomic E-state index is 0.141. The number of carboxylic acid groups (broad SMARTS) is 1. The molecule has 0 radical (unpaired) electrons. The zero-order valence-corrected chi connectivity index (χ0v) is 12.9. The van der Waals surface area contributed by atoms with Crippen molar-refractivity contribution in [2.45, 2.75) is 38.6 Å². The van der Waals surface area contributed by atoms with Crippen molar-refractivity contribution in [1.82, 2.24) is 10.6 Å². The van der Waals surface area contributed by atoms with Crippen LogP contribution in [-0.4, -0.2) is 35.0 Å². The van der Waals surface area contributed by atoms with Crippen LogP contribution in [0.1, 0.15) is 43.5 Å². The molecule has 1 aromatic carbocycles. The number of amides is 2. The zero-order chi connectivity index (χ0) is 16.6. The van der Waals surface area contributed by atoms with Crippen molar-refractivity contribution in [3.8, 4) is 0 Å². The van der Waals surface area contributed by atoms with Gasteiger partial charge in [-0.05, 0) is 25.0 Å². The van der Waals surface area contributed by atoms with Gasteiger partial charge in [0.1, 0.15) is 0 Å². The second-order valence-corrected chi connectivity index (χ2v) is 5.15. The number of hydrogen-bond acceptors (Lipinski definition) is 3. The van der Waals surface area contributed by atoms with Gasteiger partial charge in [0.15, 0.2) is 0 Å². The lowest BCUT2D eigenvalue weighted by molar-refractivity contribution is -0.139. The highest BCUT2D eigenvalue weighted by Crippen LogP contribution is 2.19. The van der Waals surface area contributed by atoms with Gasteiger partial charge in [-0.25, -0.2) is 0 Å². The summed E-state index contributed by atoms with van der Waals surface area (Å²) in [5.41, 5.74) is -0.307. The molecule has 6 nitrogen and oxygen atoms in total. The third-order valence-electron chi connectivity index (χ3n) is 3.69. The molecule has 0 heterocycles. The molecule has 0 saturated carbocycles. The molecule has 22 heavy (non-hydrogen) atoms.